The van der Waals surface area contributed by atoms with Gasteiger partial charge in [-0.1, -0.05) is 0 Å². The van der Waals surface area contributed by atoms with Gasteiger partial charge in [-0.3, -0.25) is 21.5 Å². The Bertz CT molecular complexity index is 216. The van der Waals surface area contributed by atoms with E-state index in [9.17, 15) is 4.79 Å². The van der Waals surface area contributed by atoms with Crippen LogP contribution < -0.4 is 17.4 Å². The minimum Gasteiger partial charge on any atom is -0.366 e. The predicted octanol–water partition coefficient (Wildman–Crippen LogP) is -1.00. The van der Waals surface area contributed by atoms with E-state index >= 15 is 0 Å². The first kappa shape index (κ1) is 13.8. The van der Waals surface area contributed by atoms with Crippen molar-refractivity contribution in [2.75, 3.05) is 0 Å². The van der Waals surface area contributed by atoms with Crippen LogP contribution in [0.15, 0.2) is 24.5 Å². The van der Waals surface area contributed by atoms with Crippen molar-refractivity contribution in [1.82, 2.24) is 4.98 Å². The molecule has 1 amide bonds. The van der Waals surface area contributed by atoms with Crippen molar-refractivity contribution < 1.29 is 24.9 Å². The molecule has 0 spiro atoms. The number of amides is 1. The Morgan fingerprint density at radius 1 is 1.42 bits per heavy atom. The number of hydrogen-bond acceptors (Lipinski definition) is 4. The summed E-state index contributed by atoms with van der Waals surface area (Å²) in [6.45, 7) is 0. The second-order valence-electron chi connectivity index (χ2n) is 1.61. The second-order valence-corrected chi connectivity index (χ2v) is 1.61. The zero-order valence-electron chi connectivity index (χ0n) is 6.27. The van der Waals surface area contributed by atoms with Crippen LogP contribution in [0.4, 0.5) is 0 Å². The molecule has 0 saturated carbocycles. The molecule has 6 heteroatoms. The molecule has 12 heavy (non-hydrogen) atoms. The molecule has 0 aliphatic carbocycles. The molecule has 67 valence electrons. The Morgan fingerprint density at radius 3 is 2.25 bits per heavy atom. The Morgan fingerprint density at radius 2 is 2.00 bits per heavy atom. The van der Waals surface area contributed by atoms with Crippen molar-refractivity contribution in [3.8, 4) is 0 Å². The molecule has 6 N–H and O–H groups in total. The summed E-state index contributed by atoms with van der Waals surface area (Å²) >= 11 is 0. The van der Waals surface area contributed by atoms with Crippen molar-refractivity contribution >= 4 is 5.91 Å². The molecule has 1 rings (SSSR count). The van der Waals surface area contributed by atoms with E-state index in [-0.39, 0.29) is 20.1 Å². The molecule has 1 aromatic rings. The molecule has 1 heterocycles. The SMILES string of the molecule is NC(=O)c1cccnc1.NN.[Tc]. The third-order valence-electron chi connectivity index (χ3n) is 0.946. The summed E-state index contributed by atoms with van der Waals surface area (Å²) in [4.78, 5) is 14.1. The van der Waals surface area contributed by atoms with Gasteiger partial charge in [-0.2, -0.15) is 0 Å². The van der Waals surface area contributed by atoms with Crippen LogP contribution in [0.2, 0.25) is 0 Å². The quantitative estimate of drug-likeness (QED) is 0.440. The minimum absolute atomic E-state index is 0. The monoisotopic (exact) mass is 251 g/mol. The van der Waals surface area contributed by atoms with Gasteiger partial charge < -0.3 is 5.73 Å². The van der Waals surface area contributed by atoms with E-state index in [0.29, 0.717) is 5.56 Å². The maximum atomic E-state index is 10.4. The number of carbonyl (C=O) groups is 1. The van der Waals surface area contributed by atoms with Gasteiger partial charge in [0.2, 0.25) is 5.91 Å². The zero-order valence-corrected chi connectivity index (χ0v) is 8.13. The average molecular weight is 252 g/mol. The standard InChI is InChI=1S/C6H6N2O.H4N2.Tc/c7-6(9)5-2-1-3-8-4-5;1-2;/h1-4H,(H2,7,9);1-2H2;. The van der Waals surface area contributed by atoms with E-state index in [1.165, 1.54) is 6.20 Å². The molecule has 1 radical (unpaired) electrons. The van der Waals surface area contributed by atoms with Gasteiger partial charge in [-0.15, -0.1) is 0 Å². The first-order valence-corrected chi connectivity index (χ1v) is 2.84. The van der Waals surface area contributed by atoms with Gasteiger partial charge in [0, 0.05) is 32.5 Å². The fourth-order valence-electron chi connectivity index (χ4n) is 0.509. The minimum atomic E-state index is -0.442. The van der Waals surface area contributed by atoms with Gasteiger partial charge in [0.15, 0.2) is 0 Å². The van der Waals surface area contributed by atoms with E-state index in [4.69, 9.17) is 5.73 Å². The summed E-state index contributed by atoms with van der Waals surface area (Å²) < 4.78 is 0. The Kier molecular flexibility index (Phi) is 9.50. The number of hydrogen-bond donors (Lipinski definition) is 3. The van der Waals surface area contributed by atoms with Crippen molar-refractivity contribution in [2.45, 2.75) is 0 Å². The number of nitrogens with zero attached hydrogens (tertiary/aromatic N) is 1. The Hall–Kier alpha value is -0.811. The van der Waals surface area contributed by atoms with Crippen LogP contribution in [0.3, 0.4) is 0 Å². The van der Waals surface area contributed by atoms with Crippen LogP contribution in [0, 0.1) is 0 Å². The maximum Gasteiger partial charge on any atom is 0.250 e. The summed E-state index contributed by atoms with van der Waals surface area (Å²) in [5, 5.41) is 0. The molecule has 0 aliphatic rings. The van der Waals surface area contributed by atoms with Crippen LogP contribution in [-0.2, 0) is 20.1 Å². The van der Waals surface area contributed by atoms with E-state index in [1.807, 2.05) is 0 Å². The predicted molar refractivity (Wildman–Crippen MR) is 41.1 cm³/mol. The smallest absolute Gasteiger partial charge is 0.250 e. The maximum absolute atomic E-state index is 10.4. The first-order valence-electron chi connectivity index (χ1n) is 2.84. The summed E-state index contributed by atoms with van der Waals surface area (Å²) in [6, 6.07) is 3.29. The molecule has 5 nitrogen and oxygen atoms in total. The third-order valence-corrected chi connectivity index (χ3v) is 0.946. The Balaban J connectivity index is 0. The summed E-state index contributed by atoms with van der Waals surface area (Å²) in [6.07, 6.45) is 3.02. The molecule has 0 aliphatic heterocycles. The molecular weight excluding hydrogens is 242 g/mol. The number of nitrogens with two attached hydrogens (primary N) is 3. The number of carbonyl (C=O) groups excluding carboxylic acids is 1. The summed E-state index contributed by atoms with van der Waals surface area (Å²) in [5.74, 6) is 7.56. The number of primary amides is 1. The molecule has 1 aromatic heterocycles. The molecule has 0 saturated heterocycles. The summed E-state index contributed by atoms with van der Waals surface area (Å²) in [5.41, 5.74) is 5.38. The molecule has 0 unspecified atom stereocenters. The van der Waals surface area contributed by atoms with E-state index in [1.54, 1.807) is 18.3 Å². The topological polar surface area (TPSA) is 108 Å². The third kappa shape index (κ3) is 4.92. The van der Waals surface area contributed by atoms with Crippen molar-refractivity contribution in [3.63, 3.8) is 0 Å². The molecule has 0 fully saturated rings. The van der Waals surface area contributed by atoms with Crippen LogP contribution in [0.1, 0.15) is 10.4 Å². The zero-order chi connectivity index (χ0) is 8.69. The van der Waals surface area contributed by atoms with E-state index in [2.05, 4.69) is 16.7 Å². The molecular formula is C6H10N4OTc. The number of rotatable bonds is 1. The fraction of sp³-hybridized carbons (Fsp3) is 0. The van der Waals surface area contributed by atoms with Crippen LogP contribution in [0.25, 0.3) is 0 Å². The van der Waals surface area contributed by atoms with Gasteiger partial charge in [-0.05, 0) is 12.1 Å². The summed E-state index contributed by atoms with van der Waals surface area (Å²) in [7, 11) is 0. The molecule has 0 bridgehead atoms. The normalized spacial score (nSPS) is 7.17. The second kappa shape index (κ2) is 8.29. The van der Waals surface area contributed by atoms with E-state index < -0.39 is 5.91 Å². The van der Waals surface area contributed by atoms with Crippen molar-refractivity contribution in [2.24, 2.45) is 17.4 Å². The number of aromatic nitrogens is 1. The van der Waals surface area contributed by atoms with Crippen LogP contribution in [-0.4, -0.2) is 10.9 Å². The van der Waals surface area contributed by atoms with Gasteiger partial charge in [-0.25, -0.2) is 0 Å². The fourth-order valence-corrected chi connectivity index (χ4v) is 0.509. The van der Waals surface area contributed by atoms with Gasteiger partial charge in [0.25, 0.3) is 0 Å². The first-order chi connectivity index (χ1) is 5.30. The van der Waals surface area contributed by atoms with Gasteiger partial charge in [0.05, 0.1) is 5.56 Å². The van der Waals surface area contributed by atoms with Gasteiger partial charge in [0.1, 0.15) is 0 Å². The van der Waals surface area contributed by atoms with Crippen molar-refractivity contribution in [1.29, 1.82) is 0 Å². The number of hydrazine groups is 1. The van der Waals surface area contributed by atoms with Crippen molar-refractivity contribution in [3.05, 3.63) is 30.1 Å². The molecule has 0 aromatic carbocycles. The van der Waals surface area contributed by atoms with Crippen LogP contribution in [0.5, 0.6) is 0 Å². The Labute approximate surface area is 83.7 Å². The molecule has 0 atom stereocenters. The number of pyridine rings is 1. The average Bonchev–Trinajstić information content (AvgIpc) is 2.10. The van der Waals surface area contributed by atoms with Crippen LogP contribution >= 0.6 is 0 Å². The largest absolute Gasteiger partial charge is 0.366 e. The van der Waals surface area contributed by atoms with Gasteiger partial charge >= 0.3 is 0 Å². The van der Waals surface area contributed by atoms with E-state index in [0.717, 1.165) is 0 Å².